The maximum absolute atomic E-state index is 12.1. The predicted molar refractivity (Wildman–Crippen MR) is 82.8 cm³/mol. The summed E-state index contributed by atoms with van der Waals surface area (Å²) in [5.74, 6) is 0. The Labute approximate surface area is 120 Å². The van der Waals surface area contributed by atoms with Crippen LogP contribution in [0.4, 0.5) is 16.2 Å². The lowest BCUT2D eigenvalue weighted by molar-refractivity contribution is 0.191. The summed E-state index contributed by atoms with van der Waals surface area (Å²) in [5, 5.41) is 2.89. The summed E-state index contributed by atoms with van der Waals surface area (Å²) in [4.78, 5) is 16.3. The second-order valence-corrected chi connectivity index (χ2v) is 5.36. The first-order valence-electron chi connectivity index (χ1n) is 7.22. The van der Waals surface area contributed by atoms with Crippen LogP contribution in [-0.2, 0) is 0 Å². The summed E-state index contributed by atoms with van der Waals surface area (Å²) in [7, 11) is 1.85. The minimum atomic E-state index is -0.0716. The van der Waals surface area contributed by atoms with E-state index in [-0.39, 0.29) is 6.03 Å². The summed E-state index contributed by atoms with van der Waals surface area (Å²) in [6.07, 6.45) is 2.40. The van der Waals surface area contributed by atoms with Crippen molar-refractivity contribution in [3.05, 3.63) is 24.3 Å². The molecule has 20 heavy (non-hydrogen) atoms. The number of nitrogens with one attached hydrogen (secondary N) is 1. The number of carbonyl (C=O) groups is 1. The van der Waals surface area contributed by atoms with Crippen molar-refractivity contribution in [2.75, 3.05) is 37.7 Å². The van der Waals surface area contributed by atoms with Gasteiger partial charge in [-0.15, -0.1) is 0 Å². The molecule has 1 heterocycles. The second-order valence-electron chi connectivity index (χ2n) is 5.36. The summed E-state index contributed by atoms with van der Waals surface area (Å²) >= 11 is 0. The van der Waals surface area contributed by atoms with Crippen LogP contribution < -0.4 is 11.1 Å². The number of rotatable bonds is 4. The minimum absolute atomic E-state index is 0.0716. The van der Waals surface area contributed by atoms with E-state index in [0.29, 0.717) is 11.7 Å². The monoisotopic (exact) mass is 276 g/mol. The van der Waals surface area contributed by atoms with Crippen molar-refractivity contribution in [3.63, 3.8) is 0 Å². The van der Waals surface area contributed by atoms with E-state index in [1.807, 2.05) is 19.2 Å². The first kappa shape index (κ1) is 14.7. The standard InChI is InChI=1S/C15H24N4O/c1-3-19-10-4-5-14(19)11-18(2)15(20)17-13-8-6-12(16)7-9-13/h6-9,14H,3-5,10-11,16H2,1-2H3,(H,17,20). The Kier molecular flexibility index (Phi) is 4.84. The number of carbonyl (C=O) groups excluding carboxylic acids is 1. The van der Waals surface area contributed by atoms with E-state index in [1.165, 1.54) is 12.8 Å². The van der Waals surface area contributed by atoms with E-state index >= 15 is 0 Å². The molecule has 0 saturated carbocycles. The molecule has 1 aliphatic heterocycles. The van der Waals surface area contributed by atoms with Crippen LogP contribution in [-0.4, -0.2) is 48.6 Å². The van der Waals surface area contributed by atoms with E-state index in [4.69, 9.17) is 5.73 Å². The van der Waals surface area contributed by atoms with Gasteiger partial charge in [-0.1, -0.05) is 6.92 Å². The first-order valence-corrected chi connectivity index (χ1v) is 7.22. The van der Waals surface area contributed by atoms with Crippen molar-refractivity contribution in [3.8, 4) is 0 Å². The number of nitrogen functional groups attached to an aromatic ring is 1. The highest BCUT2D eigenvalue weighted by Gasteiger charge is 2.25. The smallest absolute Gasteiger partial charge is 0.321 e. The highest BCUT2D eigenvalue weighted by Crippen LogP contribution is 2.18. The quantitative estimate of drug-likeness (QED) is 0.829. The van der Waals surface area contributed by atoms with Gasteiger partial charge < -0.3 is 16.0 Å². The second kappa shape index (κ2) is 6.61. The molecule has 0 radical (unpaired) electrons. The maximum Gasteiger partial charge on any atom is 0.321 e. The molecule has 1 unspecified atom stereocenters. The Bertz CT molecular complexity index is 446. The Balaban J connectivity index is 1.87. The number of likely N-dealkylation sites (tertiary alicyclic amines) is 1. The lowest BCUT2D eigenvalue weighted by Gasteiger charge is -2.27. The average Bonchev–Trinajstić information content (AvgIpc) is 2.88. The number of urea groups is 1. The molecule has 0 bridgehead atoms. The summed E-state index contributed by atoms with van der Waals surface area (Å²) in [5.41, 5.74) is 7.10. The number of benzene rings is 1. The molecule has 1 aliphatic rings. The van der Waals surface area contributed by atoms with Crippen LogP contribution in [0, 0.1) is 0 Å². The van der Waals surface area contributed by atoms with E-state index in [9.17, 15) is 4.79 Å². The van der Waals surface area contributed by atoms with Gasteiger partial charge >= 0.3 is 6.03 Å². The zero-order valence-corrected chi connectivity index (χ0v) is 12.3. The zero-order chi connectivity index (χ0) is 14.5. The van der Waals surface area contributed by atoms with Gasteiger partial charge in [0.2, 0.25) is 0 Å². The minimum Gasteiger partial charge on any atom is -0.399 e. The van der Waals surface area contributed by atoms with Crippen molar-refractivity contribution in [2.45, 2.75) is 25.8 Å². The van der Waals surface area contributed by atoms with Crippen LogP contribution in [0.2, 0.25) is 0 Å². The number of likely N-dealkylation sites (N-methyl/N-ethyl adjacent to an activating group) is 2. The van der Waals surface area contributed by atoms with Gasteiger partial charge in [0.25, 0.3) is 0 Å². The summed E-state index contributed by atoms with van der Waals surface area (Å²) in [6.45, 7) is 5.15. The van der Waals surface area contributed by atoms with E-state index < -0.39 is 0 Å². The van der Waals surface area contributed by atoms with Gasteiger partial charge in [0.15, 0.2) is 0 Å². The fourth-order valence-electron chi connectivity index (χ4n) is 2.70. The third kappa shape index (κ3) is 3.63. The van der Waals surface area contributed by atoms with E-state index in [0.717, 1.165) is 25.3 Å². The molecule has 110 valence electrons. The lowest BCUT2D eigenvalue weighted by atomic mass is 10.2. The fourth-order valence-corrected chi connectivity index (χ4v) is 2.70. The Morgan fingerprint density at radius 2 is 2.15 bits per heavy atom. The third-order valence-corrected chi connectivity index (χ3v) is 3.90. The van der Waals surface area contributed by atoms with Crippen LogP contribution in [0.5, 0.6) is 0 Å². The number of hydrogen-bond donors (Lipinski definition) is 2. The zero-order valence-electron chi connectivity index (χ0n) is 12.3. The molecule has 3 N–H and O–H groups in total. The van der Waals surface area contributed by atoms with Gasteiger partial charge in [0.1, 0.15) is 0 Å². The van der Waals surface area contributed by atoms with E-state index in [1.54, 1.807) is 17.0 Å². The molecule has 1 aromatic carbocycles. The largest absolute Gasteiger partial charge is 0.399 e. The van der Waals surface area contributed by atoms with Gasteiger partial charge in [-0.25, -0.2) is 4.79 Å². The Morgan fingerprint density at radius 1 is 1.45 bits per heavy atom. The van der Waals surface area contributed by atoms with Gasteiger partial charge in [-0.3, -0.25) is 4.90 Å². The molecule has 1 saturated heterocycles. The number of nitrogens with two attached hydrogens (primary N) is 1. The van der Waals surface area contributed by atoms with Gasteiger partial charge in [-0.2, -0.15) is 0 Å². The van der Waals surface area contributed by atoms with Crippen molar-refractivity contribution >= 4 is 17.4 Å². The maximum atomic E-state index is 12.1. The average molecular weight is 276 g/mol. The topological polar surface area (TPSA) is 61.6 Å². The van der Waals surface area contributed by atoms with Gasteiger partial charge in [0, 0.05) is 31.0 Å². The van der Waals surface area contributed by atoms with Crippen LogP contribution >= 0.6 is 0 Å². The van der Waals surface area contributed by atoms with Crippen LogP contribution in [0.15, 0.2) is 24.3 Å². The highest BCUT2D eigenvalue weighted by molar-refractivity contribution is 5.89. The molecule has 0 spiro atoms. The van der Waals surface area contributed by atoms with E-state index in [2.05, 4.69) is 17.1 Å². The molecule has 5 heteroatoms. The molecule has 2 rings (SSSR count). The Hall–Kier alpha value is -1.75. The van der Waals surface area contributed by atoms with Crippen LogP contribution in [0.1, 0.15) is 19.8 Å². The summed E-state index contributed by atoms with van der Waals surface area (Å²) in [6, 6.07) is 7.61. The predicted octanol–water partition coefficient (Wildman–Crippen LogP) is 2.22. The molecule has 1 aromatic rings. The van der Waals surface area contributed by atoms with Gasteiger partial charge in [0.05, 0.1) is 0 Å². The fraction of sp³-hybridized carbons (Fsp3) is 0.533. The number of hydrogen-bond acceptors (Lipinski definition) is 3. The molecule has 1 atom stereocenters. The number of anilines is 2. The van der Waals surface area contributed by atoms with Crippen molar-refractivity contribution < 1.29 is 4.79 Å². The molecule has 0 aliphatic carbocycles. The third-order valence-electron chi connectivity index (χ3n) is 3.90. The SMILES string of the molecule is CCN1CCCC1CN(C)C(=O)Nc1ccc(N)cc1. The molecule has 5 nitrogen and oxygen atoms in total. The lowest BCUT2D eigenvalue weighted by Crippen LogP contribution is -2.42. The Morgan fingerprint density at radius 3 is 2.80 bits per heavy atom. The van der Waals surface area contributed by atoms with Crippen molar-refractivity contribution in [1.29, 1.82) is 0 Å². The van der Waals surface area contributed by atoms with Crippen LogP contribution in [0.25, 0.3) is 0 Å². The molecular weight excluding hydrogens is 252 g/mol. The van der Waals surface area contributed by atoms with Crippen molar-refractivity contribution in [1.82, 2.24) is 9.80 Å². The van der Waals surface area contributed by atoms with Gasteiger partial charge in [-0.05, 0) is 50.2 Å². The number of amides is 2. The summed E-state index contributed by atoms with van der Waals surface area (Å²) < 4.78 is 0. The molecule has 2 amide bonds. The molecule has 0 aromatic heterocycles. The van der Waals surface area contributed by atoms with Crippen LogP contribution in [0.3, 0.4) is 0 Å². The first-order chi connectivity index (χ1) is 9.60. The normalized spacial score (nSPS) is 19.0. The van der Waals surface area contributed by atoms with Crippen molar-refractivity contribution in [2.24, 2.45) is 0 Å². The highest BCUT2D eigenvalue weighted by atomic mass is 16.2. The molecule has 1 fully saturated rings. The number of nitrogens with zero attached hydrogens (tertiary/aromatic N) is 2. The molecular formula is C15H24N4O.